The average Bonchev–Trinajstić information content (AvgIpc) is 2.47. The summed E-state index contributed by atoms with van der Waals surface area (Å²) in [7, 11) is 0. The number of carbonyl (C=O) groups excluding carboxylic acids is 1. The Labute approximate surface area is 142 Å². The first-order valence-corrected chi connectivity index (χ1v) is 8.20. The van der Waals surface area contributed by atoms with Gasteiger partial charge in [-0.2, -0.15) is 5.26 Å². The molecule has 0 saturated carbocycles. The van der Waals surface area contributed by atoms with Crippen LogP contribution in [0.25, 0.3) is 0 Å². The molecule has 0 spiro atoms. The zero-order valence-electron chi connectivity index (χ0n) is 13.8. The van der Waals surface area contributed by atoms with Gasteiger partial charge in [0.15, 0.2) is 0 Å². The normalized spacial score (nSPS) is 21.7. The number of nitrogens with zero attached hydrogens (tertiary/aromatic N) is 2. The van der Waals surface area contributed by atoms with Gasteiger partial charge in [0.25, 0.3) is 5.91 Å². The summed E-state index contributed by atoms with van der Waals surface area (Å²) in [6.07, 6.45) is 2.86. The number of nitrogens with one attached hydrogen (secondary N) is 1. The van der Waals surface area contributed by atoms with Gasteiger partial charge in [-0.25, -0.2) is 0 Å². The molecule has 23 heavy (non-hydrogen) atoms. The Bertz CT molecular complexity index is 653. The first-order valence-electron chi connectivity index (χ1n) is 7.82. The van der Waals surface area contributed by atoms with E-state index >= 15 is 0 Å². The SMILES string of the molecule is Cc1ccc(NC(=O)/C(C#N)=C\N2CC(C)CC(C)C2)cc1Cl. The van der Waals surface area contributed by atoms with Crippen molar-refractivity contribution in [1.29, 1.82) is 5.26 Å². The second-order valence-corrected chi connectivity index (χ2v) is 6.88. The lowest BCUT2D eigenvalue weighted by Crippen LogP contribution is -2.35. The molecule has 1 aliphatic heterocycles. The lowest BCUT2D eigenvalue weighted by atomic mass is 9.92. The molecule has 5 heteroatoms. The topological polar surface area (TPSA) is 56.1 Å². The minimum absolute atomic E-state index is 0.114. The fraction of sp³-hybridized carbons (Fsp3) is 0.444. The molecule has 4 nitrogen and oxygen atoms in total. The zero-order valence-corrected chi connectivity index (χ0v) is 14.5. The van der Waals surface area contributed by atoms with Gasteiger partial charge < -0.3 is 10.2 Å². The van der Waals surface area contributed by atoms with E-state index in [1.54, 1.807) is 18.3 Å². The number of rotatable bonds is 3. The van der Waals surface area contributed by atoms with Gasteiger partial charge >= 0.3 is 0 Å². The number of anilines is 1. The summed E-state index contributed by atoms with van der Waals surface area (Å²) in [4.78, 5) is 14.4. The van der Waals surface area contributed by atoms with Crippen molar-refractivity contribution in [1.82, 2.24) is 4.90 Å². The Balaban J connectivity index is 2.10. The van der Waals surface area contributed by atoms with E-state index in [-0.39, 0.29) is 5.57 Å². The highest BCUT2D eigenvalue weighted by Gasteiger charge is 2.21. The van der Waals surface area contributed by atoms with Gasteiger partial charge in [0, 0.05) is 30.0 Å². The van der Waals surface area contributed by atoms with Gasteiger partial charge in [-0.15, -0.1) is 0 Å². The highest BCUT2D eigenvalue weighted by atomic mass is 35.5. The van der Waals surface area contributed by atoms with Crippen molar-refractivity contribution in [2.75, 3.05) is 18.4 Å². The van der Waals surface area contributed by atoms with E-state index in [1.165, 1.54) is 6.42 Å². The molecule has 2 atom stereocenters. The molecule has 1 heterocycles. The second-order valence-electron chi connectivity index (χ2n) is 6.47. The van der Waals surface area contributed by atoms with Crippen molar-refractivity contribution in [3.05, 3.63) is 40.6 Å². The van der Waals surface area contributed by atoms with Crippen LogP contribution >= 0.6 is 11.6 Å². The van der Waals surface area contributed by atoms with Crippen molar-refractivity contribution in [2.45, 2.75) is 27.2 Å². The zero-order chi connectivity index (χ0) is 17.0. The number of hydrogen-bond donors (Lipinski definition) is 1. The molecule has 0 aromatic heterocycles. The average molecular weight is 332 g/mol. The first-order chi connectivity index (χ1) is 10.9. The quantitative estimate of drug-likeness (QED) is 0.673. The third kappa shape index (κ3) is 4.74. The molecular weight excluding hydrogens is 310 g/mol. The van der Waals surface area contributed by atoms with Crippen LogP contribution in [-0.2, 0) is 4.79 Å². The van der Waals surface area contributed by atoms with E-state index in [1.807, 2.05) is 19.1 Å². The minimum Gasteiger partial charge on any atom is -0.376 e. The molecular formula is C18H22ClN3O. The van der Waals surface area contributed by atoms with Gasteiger partial charge in [-0.3, -0.25) is 4.79 Å². The molecule has 2 rings (SSSR count). The fourth-order valence-corrected chi connectivity index (χ4v) is 3.19. The lowest BCUT2D eigenvalue weighted by molar-refractivity contribution is -0.112. The highest BCUT2D eigenvalue weighted by Crippen LogP contribution is 2.23. The van der Waals surface area contributed by atoms with Crippen LogP contribution in [-0.4, -0.2) is 23.9 Å². The third-order valence-electron chi connectivity index (χ3n) is 4.00. The van der Waals surface area contributed by atoms with Gasteiger partial charge in [0.05, 0.1) is 0 Å². The standard InChI is InChI=1S/C18H22ClN3O/c1-12-6-13(2)10-22(9-12)11-15(8-20)18(23)21-16-5-4-14(3)17(19)7-16/h4-5,7,11-13H,6,9-10H2,1-3H3,(H,21,23)/b15-11-. The minimum atomic E-state index is -0.404. The fourth-order valence-electron chi connectivity index (χ4n) is 3.01. The van der Waals surface area contributed by atoms with Crippen molar-refractivity contribution >= 4 is 23.2 Å². The first kappa shape index (κ1) is 17.4. The molecule has 122 valence electrons. The van der Waals surface area contributed by atoms with Crippen LogP contribution in [0.5, 0.6) is 0 Å². The largest absolute Gasteiger partial charge is 0.376 e. The number of amides is 1. The van der Waals surface area contributed by atoms with Gasteiger partial charge in [0.1, 0.15) is 11.6 Å². The molecule has 0 radical (unpaired) electrons. The van der Waals surface area contributed by atoms with Crippen molar-refractivity contribution in [3.8, 4) is 6.07 Å². The van der Waals surface area contributed by atoms with E-state index in [0.29, 0.717) is 22.5 Å². The van der Waals surface area contributed by atoms with E-state index in [0.717, 1.165) is 18.7 Å². The Kier molecular flexibility index (Phi) is 5.68. The Morgan fingerprint density at radius 1 is 1.39 bits per heavy atom. The van der Waals surface area contributed by atoms with E-state index in [4.69, 9.17) is 11.6 Å². The summed E-state index contributed by atoms with van der Waals surface area (Å²) in [5.74, 6) is 0.723. The van der Waals surface area contributed by atoms with Crippen LogP contribution in [0.15, 0.2) is 30.0 Å². The molecule has 1 fully saturated rings. The highest BCUT2D eigenvalue weighted by molar-refractivity contribution is 6.31. The summed E-state index contributed by atoms with van der Waals surface area (Å²) in [6.45, 7) is 8.03. The number of halogens is 1. The summed E-state index contributed by atoms with van der Waals surface area (Å²) in [6, 6.07) is 7.30. The summed E-state index contributed by atoms with van der Waals surface area (Å²) < 4.78 is 0. The second kappa shape index (κ2) is 7.52. The van der Waals surface area contributed by atoms with E-state index < -0.39 is 5.91 Å². The molecule has 1 aromatic rings. The maximum absolute atomic E-state index is 12.3. The maximum Gasteiger partial charge on any atom is 0.267 e. The van der Waals surface area contributed by atoms with Crippen LogP contribution < -0.4 is 5.32 Å². The molecule has 2 unspecified atom stereocenters. The van der Waals surface area contributed by atoms with Crippen LogP contribution in [0, 0.1) is 30.1 Å². The molecule has 0 aliphatic carbocycles. The van der Waals surface area contributed by atoms with Crippen molar-refractivity contribution in [2.24, 2.45) is 11.8 Å². The number of likely N-dealkylation sites (tertiary alicyclic amines) is 1. The maximum atomic E-state index is 12.3. The summed E-state index contributed by atoms with van der Waals surface area (Å²) in [5, 5.41) is 12.6. The number of nitriles is 1. The number of hydrogen-bond acceptors (Lipinski definition) is 3. The Hall–Kier alpha value is -1.99. The van der Waals surface area contributed by atoms with Crippen LogP contribution in [0.2, 0.25) is 5.02 Å². The number of aryl methyl sites for hydroxylation is 1. The van der Waals surface area contributed by atoms with Gasteiger partial charge in [-0.05, 0) is 42.9 Å². The Morgan fingerprint density at radius 3 is 2.61 bits per heavy atom. The molecule has 1 aliphatic rings. The predicted molar refractivity (Wildman–Crippen MR) is 93.0 cm³/mol. The number of carbonyl (C=O) groups is 1. The number of piperidine rings is 1. The number of benzene rings is 1. The monoisotopic (exact) mass is 331 g/mol. The van der Waals surface area contributed by atoms with Crippen LogP contribution in [0.3, 0.4) is 0 Å². The molecule has 0 bridgehead atoms. The van der Waals surface area contributed by atoms with E-state index in [9.17, 15) is 10.1 Å². The van der Waals surface area contributed by atoms with Gasteiger partial charge in [0.2, 0.25) is 0 Å². The van der Waals surface area contributed by atoms with Gasteiger partial charge in [-0.1, -0.05) is 31.5 Å². The lowest BCUT2D eigenvalue weighted by Gasteiger charge is -2.34. The molecule has 1 saturated heterocycles. The summed E-state index contributed by atoms with van der Waals surface area (Å²) >= 11 is 6.06. The predicted octanol–water partition coefficient (Wildman–Crippen LogP) is 3.97. The van der Waals surface area contributed by atoms with Crippen LogP contribution in [0.1, 0.15) is 25.8 Å². The van der Waals surface area contributed by atoms with E-state index in [2.05, 4.69) is 24.1 Å². The third-order valence-corrected chi connectivity index (χ3v) is 4.41. The van der Waals surface area contributed by atoms with Crippen molar-refractivity contribution < 1.29 is 4.79 Å². The smallest absolute Gasteiger partial charge is 0.267 e. The van der Waals surface area contributed by atoms with Crippen molar-refractivity contribution in [3.63, 3.8) is 0 Å². The van der Waals surface area contributed by atoms with Crippen LogP contribution in [0.4, 0.5) is 5.69 Å². The molecule has 1 aromatic carbocycles. The molecule has 1 N–H and O–H groups in total. The Morgan fingerprint density at radius 2 is 2.04 bits per heavy atom. The summed E-state index contributed by atoms with van der Waals surface area (Å²) in [5.41, 5.74) is 1.65. The molecule has 1 amide bonds.